The predicted molar refractivity (Wildman–Crippen MR) is 62.0 cm³/mol. The minimum absolute atomic E-state index is 0.219. The molecule has 1 unspecified atom stereocenters. The van der Waals surface area contributed by atoms with E-state index >= 15 is 0 Å². The minimum Gasteiger partial charge on any atom is -0.419 e. The lowest BCUT2D eigenvalue weighted by Crippen LogP contribution is -2.08. The lowest BCUT2D eigenvalue weighted by atomic mass is 10.2. The van der Waals surface area contributed by atoms with Gasteiger partial charge in [0.2, 0.25) is 11.8 Å². The second-order valence-corrected chi connectivity index (χ2v) is 3.85. The molecule has 1 heterocycles. The van der Waals surface area contributed by atoms with Crippen LogP contribution in [0.1, 0.15) is 25.3 Å². The summed E-state index contributed by atoms with van der Waals surface area (Å²) in [5.74, 6) is 0.849. The predicted octanol–water partition coefficient (Wildman–Crippen LogP) is 2.80. The molecule has 1 atom stereocenters. The van der Waals surface area contributed by atoms with Gasteiger partial charge in [-0.15, -0.1) is 10.2 Å². The van der Waals surface area contributed by atoms with Crippen molar-refractivity contribution in [3.05, 3.63) is 35.2 Å². The maximum Gasteiger partial charge on any atom is 0.249 e. The molecule has 16 heavy (non-hydrogen) atoms. The maximum atomic E-state index is 6.02. The second kappa shape index (κ2) is 4.63. The van der Waals surface area contributed by atoms with Gasteiger partial charge in [0.05, 0.1) is 16.6 Å². The van der Waals surface area contributed by atoms with Gasteiger partial charge >= 0.3 is 0 Å². The van der Waals surface area contributed by atoms with E-state index in [0.29, 0.717) is 16.8 Å². The molecule has 0 aliphatic carbocycles. The van der Waals surface area contributed by atoms with Crippen molar-refractivity contribution < 1.29 is 4.42 Å². The summed E-state index contributed by atoms with van der Waals surface area (Å²) < 4.78 is 5.47. The fourth-order valence-corrected chi connectivity index (χ4v) is 1.52. The normalized spacial score (nSPS) is 12.7. The molecule has 0 saturated heterocycles. The van der Waals surface area contributed by atoms with Crippen molar-refractivity contribution in [1.82, 2.24) is 10.2 Å². The zero-order chi connectivity index (χ0) is 11.5. The third-order valence-corrected chi connectivity index (χ3v) is 2.63. The highest BCUT2D eigenvalue weighted by Crippen LogP contribution is 2.27. The summed E-state index contributed by atoms with van der Waals surface area (Å²) in [5, 5.41) is 8.43. The molecular weight excluding hydrogens is 226 g/mol. The van der Waals surface area contributed by atoms with Crippen LogP contribution in [0.3, 0.4) is 0 Å². The molecule has 0 spiro atoms. The monoisotopic (exact) mass is 237 g/mol. The number of hydrogen-bond donors (Lipinski definition) is 1. The molecule has 0 aliphatic rings. The van der Waals surface area contributed by atoms with E-state index in [1.54, 1.807) is 6.07 Å². The summed E-state index contributed by atoms with van der Waals surface area (Å²) in [6.45, 7) is 1.96. The number of nitrogens with two attached hydrogens (primary N) is 1. The van der Waals surface area contributed by atoms with Crippen LogP contribution in [0.15, 0.2) is 28.7 Å². The van der Waals surface area contributed by atoms with Crippen molar-refractivity contribution in [2.45, 2.75) is 19.4 Å². The molecule has 84 valence electrons. The summed E-state index contributed by atoms with van der Waals surface area (Å²) in [7, 11) is 0. The third kappa shape index (κ3) is 2.08. The van der Waals surface area contributed by atoms with Crippen LogP contribution in [0.25, 0.3) is 11.5 Å². The fourth-order valence-electron chi connectivity index (χ4n) is 1.30. The molecule has 0 fully saturated rings. The topological polar surface area (TPSA) is 64.9 Å². The number of nitrogens with zero attached hydrogens (tertiary/aromatic N) is 2. The Kier molecular flexibility index (Phi) is 3.22. The zero-order valence-corrected chi connectivity index (χ0v) is 9.61. The Hall–Kier alpha value is -1.39. The molecule has 5 heteroatoms. The molecule has 1 aromatic heterocycles. The number of benzene rings is 1. The highest BCUT2D eigenvalue weighted by atomic mass is 35.5. The first-order valence-corrected chi connectivity index (χ1v) is 5.44. The molecule has 0 aliphatic heterocycles. The summed E-state index contributed by atoms with van der Waals surface area (Å²) in [5.41, 5.74) is 6.52. The highest BCUT2D eigenvalue weighted by molar-refractivity contribution is 6.33. The van der Waals surface area contributed by atoms with Gasteiger partial charge in [0.1, 0.15) is 0 Å². The third-order valence-electron chi connectivity index (χ3n) is 2.30. The Labute approximate surface area is 98.4 Å². The highest BCUT2D eigenvalue weighted by Gasteiger charge is 2.15. The van der Waals surface area contributed by atoms with Crippen LogP contribution in [-0.4, -0.2) is 10.2 Å². The fraction of sp³-hybridized carbons (Fsp3) is 0.273. The molecule has 0 saturated carbocycles. The number of halogens is 1. The van der Waals surface area contributed by atoms with E-state index in [4.69, 9.17) is 21.8 Å². The van der Waals surface area contributed by atoms with E-state index < -0.39 is 0 Å². The van der Waals surface area contributed by atoms with Gasteiger partial charge in [-0.25, -0.2) is 0 Å². The smallest absolute Gasteiger partial charge is 0.249 e. The van der Waals surface area contributed by atoms with Crippen LogP contribution in [0.2, 0.25) is 5.02 Å². The van der Waals surface area contributed by atoms with Crippen molar-refractivity contribution in [2.24, 2.45) is 5.73 Å². The second-order valence-electron chi connectivity index (χ2n) is 3.44. The van der Waals surface area contributed by atoms with Crippen LogP contribution >= 0.6 is 11.6 Å². The van der Waals surface area contributed by atoms with E-state index in [1.165, 1.54) is 0 Å². The van der Waals surface area contributed by atoms with Crippen molar-refractivity contribution in [3.63, 3.8) is 0 Å². The summed E-state index contributed by atoms with van der Waals surface area (Å²) in [6, 6.07) is 7.10. The molecule has 2 N–H and O–H groups in total. The van der Waals surface area contributed by atoms with Crippen LogP contribution in [-0.2, 0) is 0 Å². The summed E-state index contributed by atoms with van der Waals surface area (Å²) in [6.07, 6.45) is 0.754. The van der Waals surface area contributed by atoms with E-state index in [-0.39, 0.29) is 6.04 Å². The standard InChI is InChI=1S/C11H12ClN3O/c1-2-9(13)11-15-14-10(16-11)7-5-3-4-6-8(7)12/h3-6,9H,2,13H2,1H3. The quantitative estimate of drug-likeness (QED) is 0.892. The van der Waals surface area contributed by atoms with Crippen molar-refractivity contribution >= 4 is 11.6 Å². The Morgan fingerprint density at radius 3 is 2.81 bits per heavy atom. The SMILES string of the molecule is CCC(N)c1nnc(-c2ccccc2Cl)o1. The van der Waals surface area contributed by atoms with Crippen molar-refractivity contribution in [2.75, 3.05) is 0 Å². The Balaban J connectivity index is 2.35. The van der Waals surface area contributed by atoms with Gasteiger partial charge in [0, 0.05) is 0 Å². The maximum absolute atomic E-state index is 6.02. The summed E-state index contributed by atoms with van der Waals surface area (Å²) >= 11 is 6.02. The average Bonchev–Trinajstić information content (AvgIpc) is 2.78. The zero-order valence-electron chi connectivity index (χ0n) is 8.85. The summed E-state index contributed by atoms with van der Waals surface area (Å²) in [4.78, 5) is 0. The van der Waals surface area contributed by atoms with Gasteiger partial charge in [-0.05, 0) is 18.6 Å². The molecule has 4 nitrogen and oxygen atoms in total. The van der Waals surface area contributed by atoms with Gasteiger partial charge in [-0.2, -0.15) is 0 Å². The van der Waals surface area contributed by atoms with E-state index in [9.17, 15) is 0 Å². The molecule has 0 radical (unpaired) electrons. The van der Waals surface area contributed by atoms with Gasteiger partial charge < -0.3 is 10.2 Å². The number of hydrogen-bond acceptors (Lipinski definition) is 4. The molecule has 0 amide bonds. The average molecular weight is 238 g/mol. The van der Waals surface area contributed by atoms with Crippen LogP contribution < -0.4 is 5.73 Å². The molecule has 1 aromatic carbocycles. The Morgan fingerprint density at radius 1 is 1.38 bits per heavy atom. The molecule has 0 bridgehead atoms. The van der Waals surface area contributed by atoms with Crippen molar-refractivity contribution in [3.8, 4) is 11.5 Å². The lowest BCUT2D eigenvalue weighted by Gasteiger charge is -2.01. The Bertz CT molecular complexity index is 484. The minimum atomic E-state index is -0.219. The number of aromatic nitrogens is 2. The van der Waals surface area contributed by atoms with Gasteiger partial charge in [0.15, 0.2) is 0 Å². The van der Waals surface area contributed by atoms with Crippen LogP contribution in [0.4, 0.5) is 0 Å². The first-order valence-electron chi connectivity index (χ1n) is 5.06. The lowest BCUT2D eigenvalue weighted by molar-refractivity contribution is 0.452. The van der Waals surface area contributed by atoms with Gasteiger partial charge in [-0.3, -0.25) is 0 Å². The first-order chi connectivity index (χ1) is 7.72. The largest absolute Gasteiger partial charge is 0.419 e. The van der Waals surface area contributed by atoms with Crippen molar-refractivity contribution in [1.29, 1.82) is 0 Å². The van der Waals surface area contributed by atoms with Gasteiger partial charge in [0.25, 0.3) is 0 Å². The van der Waals surface area contributed by atoms with Crippen LogP contribution in [0, 0.1) is 0 Å². The molecule has 2 rings (SSSR count). The number of rotatable bonds is 3. The van der Waals surface area contributed by atoms with E-state index in [1.807, 2.05) is 25.1 Å². The van der Waals surface area contributed by atoms with E-state index in [2.05, 4.69) is 10.2 Å². The van der Waals surface area contributed by atoms with Gasteiger partial charge in [-0.1, -0.05) is 30.7 Å². The first kappa shape index (κ1) is 11.1. The Morgan fingerprint density at radius 2 is 2.12 bits per heavy atom. The van der Waals surface area contributed by atoms with E-state index in [0.717, 1.165) is 12.0 Å². The molecular formula is C11H12ClN3O. The molecule has 2 aromatic rings. The van der Waals surface area contributed by atoms with Crippen LogP contribution in [0.5, 0.6) is 0 Å².